The van der Waals surface area contributed by atoms with Gasteiger partial charge in [0.05, 0.1) is 39.7 Å². The summed E-state index contributed by atoms with van der Waals surface area (Å²) in [5.74, 6) is -1.10. The summed E-state index contributed by atoms with van der Waals surface area (Å²) in [7, 11) is 0. The molecular formula is C25H19ClN2O6. The molecule has 0 saturated carbocycles. The number of anilines is 1. The second kappa shape index (κ2) is 9.36. The largest absolute Gasteiger partial charge is 0.478 e. The fraction of sp³-hybridized carbons (Fsp3) is 0.120. The lowest BCUT2D eigenvalue weighted by Crippen LogP contribution is -2.21. The van der Waals surface area contributed by atoms with Gasteiger partial charge >= 0.3 is 11.9 Å². The van der Waals surface area contributed by atoms with E-state index in [1.165, 1.54) is 17.1 Å². The van der Waals surface area contributed by atoms with Crippen LogP contribution < -0.4 is 5.01 Å². The van der Waals surface area contributed by atoms with E-state index in [0.29, 0.717) is 39.6 Å². The first-order chi connectivity index (χ1) is 16.3. The van der Waals surface area contributed by atoms with Gasteiger partial charge in [0, 0.05) is 5.56 Å². The predicted octanol–water partition coefficient (Wildman–Crippen LogP) is 5.28. The van der Waals surface area contributed by atoms with Gasteiger partial charge in [-0.25, -0.2) is 9.59 Å². The Morgan fingerprint density at radius 1 is 1.15 bits per heavy atom. The van der Waals surface area contributed by atoms with Crippen LogP contribution >= 0.6 is 11.6 Å². The van der Waals surface area contributed by atoms with E-state index >= 15 is 0 Å². The summed E-state index contributed by atoms with van der Waals surface area (Å²) in [6.45, 7) is 3.71. The Labute approximate surface area is 199 Å². The number of hydrogen-bond donors (Lipinski definition) is 1. The molecule has 0 atom stereocenters. The van der Waals surface area contributed by atoms with Crippen LogP contribution in [-0.2, 0) is 9.53 Å². The lowest BCUT2D eigenvalue weighted by molar-refractivity contribution is -0.114. The van der Waals surface area contributed by atoms with Crippen molar-refractivity contribution in [2.45, 2.75) is 13.8 Å². The van der Waals surface area contributed by atoms with Crippen molar-refractivity contribution in [1.29, 1.82) is 0 Å². The number of hydrogen-bond acceptors (Lipinski definition) is 6. The monoisotopic (exact) mass is 478 g/mol. The molecule has 2 aromatic carbocycles. The number of esters is 1. The molecule has 1 aliphatic heterocycles. The number of aromatic carboxylic acids is 1. The summed E-state index contributed by atoms with van der Waals surface area (Å²) in [5.41, 5.74) is 2.23. The Kier molecular flexibility index (Phi) is 6.34. The van der Waals surface area contributed by atoms with E-state index in [4.69, 9.17) is 20.8 Å². The van der Waals surface area contributed by atoms with E-state index in [1.54, 1.807) is 62.4 Å². The Hall–Kier alpha value is -4.17. The van der Waals surface area contributed by atoms with E-state index in [2.05, 4.69) is 5.10 Å². The fourth-order valence-corrected chi connectivity index (χ4v) is 3.58. The number of amides is 1. The maximum absolute atomic E-state index is 13.0. The second-order valence-corrected chi connectivity index (χ2v) is 7.74. The molecule has 0 saturated heterocycles. The van der Waals surface area contributed by atoms with Crippen molar-refractivity contribution < 1.29 is 28.6 Å². The first-order valence-electron chi connectivity index (χ1n) is 10.3. The Bertz CT molecular complexity index is 1350. The van der Waals surface area contributed by atoms with Crippen molar-refractivity contribution in [2.75, 3.05) is 11.6 Å². The summed E-state index contributed by atoms with van der Waals surface area (Å²) in [6, 6.07) is 14.3. The smallest absolute Gasteiger partial charge is 0.338 e. The van der Waals surface area contributed by atoms with Crippen molar-refractivity contribution >= 4 is 46.9 Å². The topological polar surface area (TPSA) is 109 Å². The van der Waals surface area contributed by atoms with Crippen molar-refractivity contribution in [3.05, 3.63) is 82.1 Å². The lowest BCUT2D eigenvalue weighted by Gasteiger charge is -2.12. The molecule has 1 amide bonds. The molecule has 0 aliphatic carbocycles. The number of carboxylic acids is 1. The molecule has 2 heterocycles. The van der Waals surface area contributed by atoms with Gasteiger partial charge in [-0.05, 0) is 74.5 Å². The highest BCUT2D eigenvalue weighted by Crippen LogP contribution is 2.29. The molecule has 1 N–H and O–H groups in total. The molecule has 34 heavy (non-hydrogen) atoms. The van der Waals surface area contributed by atoms with Crippen LogP contribution in [0.25, 0.3) is 17.4 Å². The number of ether oxygens (including phenoxy) is 1. The summed E-state index contributed by atoms with van der Waals surface area (Å²) in [5, 5.41) is 15.0. The second-order valence-electron chi connectivity index (χ2n) is 7.33. The molecular weight excluding hydrogens is 460 g/mol. The number of hydrazone groups is 1. The zero-order chi connectivity index (χ0) is 24.4. The number of halogens is 1. The molecule has 0 unspecified atom stereocenters. The number of carbonyl (C=O) groups is 3. The van der Waals surface area contributed by atoms with Gasteiger partial charge in [-0.15, -0.1) is 0 Å². The van der Waals surface area contributed by atoms with Crippen molar-refractivity contribution in [3.63, 3.8) is 0 Å². The van der Waals surface area contributed by atoms with Crippen LogP contribution in [0.15, 0.2) is 69.7 Å². The molecule has 0 bridgehead atoms. The summed E-state index contributed by atoms with van der Waals surface area (Å²) < 4.78 is 10.8. The Morgan fingerprint density at radius 3 is 2.56 bits per heavy atom. The number of rotatable bonds is 6. The summed E-state index contributed by atoms with van der Waals surface area (Å²) in [6.07, 6.45) is 1.58. The van der Waals surface area contributed by atoms with Gasteiger partial charge in [0.15, 0.2) is 0 Å². The van der Waals surface area contributed by atoms with Gasteiger partial charge in [-0.2, -0.15) is 10.1 Å². The van der Waals surface area contributed by atoms with Gasteiger partial charge in [0.25, 0.3) is 5.91 Å². The van der Waals surface area contributed by atoms with Gasteiger partial charge < -0.3 is 14.3 Å². The number of benzene rings is 2. The van der Waals surface area contributed by atoms with E-state index in [0.717, 1.165) is 0 Å². The Morgan fingerprint density at radius 2 is 1.88 bits per heavy atom. The van der Waals surface area contributed by atoms with E-state index in [9.17, 15) is 19.5 Å². The van der Waals surface area contributed by atoms with Crippen molar-refractivity contribution in [2.24, 2.45) is 5.10 Å². The van der Waals surface area contributed by atoms with Crippen LogP contribution in [0.3, 0.4) is 0 Å². The average Bonchev–Trinajstić information content (AvgIpc) is 3.40. The Balaban J connectivity index is 1.56. The molecule has 0 radical (unpaired) electrons. The summed E-state index contributed by atoms with van der Waals surface area (Å²) >= 11 is 5.93. The van der Waals surface area contributed by atoms with Crippen LogP contribution in [0.2, 0.25) is 5.02 Å². The number of carbonyl (C=O) groups excluding carboxylic acids is 2. The predicted molar refractivity (Wildman–Crippen MR) is 127 cm³/mol. The molecule has 1 aromatic heterocycles. The number of carboxylic acid groups (broad SMARTS) is 1. The highest BCUT2D eigenvalue weighted by Gasteiger charge is 2.29. The minimum atomic E-state index is -1.14. The van der Waals surface area contributed by atoms with Gasteiger partial charge in [-0.3, -0.25) is 4.79 Å². The molecule has 0 fully saturated rings. The van der Waals surface area contributed by atoms with Gasteiger partial charge in [0.2, 0.25) is 0 Å². The molecule has 4 rings (SSSR count). The highest BCUT2D eigenvalue weighted by atomic mass is 35.5. The first kappa shape index (κ1) is 23.0. The molecule has 1 aliphatic rings. The minimum absolute atomic E-state index is 0.0333. The number of nitrogens with zero attached hydrogens (tertiary/aromatic N) is 2. The molecule has 0 spiro atoms. The quantitative estimate of drug-likeness (QED) is 0.381. The van der Waals surface area contributed by atoms with Gasteiger partial charge in [-0.1, -0.05) is 11.6 Å². The lowest BCUT2D eigenvalue weighted by atomic mass is 10.1. The van der Waals surface area contributed by atoms with Gasteiger partial charge in [0.1, 0.15) is 11.5 Å². The van der Waals surface area contributed by atoms with Crippen molar-refractivity contribution in [1.82, 2.24) is 0 Å². The zero-order valence-corrected chi connectivity index (χ0v) is 19.0. The molecule has 9 heteroatoms. The average molecular weight is 479 g/mol. The fourth-order valence-electron chi connectivity index (χ4n) is 3.38. The molecule has 3 aromatic rings. The van der Waals surface area contributed by atoms with Crippen LogP contribution in [0, 0.1) is 0 Å². The van der Waals surface area contributed by atoms with E-state index in [1.807, 2.05) is 0 Å². The van der Waals surface area contributed by atoms with Crippen LogP contribution in [0.4, 0.5) is 5.69 Å². The first-order valence-corrected chi connectivity index (χ1v) is 10.7. The maximum atomic E-state index is 13.0. The van der Waals surface area contributed by atoms with E-state index < -0.39 is 11.9 Å². The molecule has 172 valence electrons. The molecule has 8 nitrogen and oxygen atoms in total. The highest BCUT2D eigenvalue weighted by molar-refractivity contribution is 6.33. The minimum Gasteiger partial charge on any atom is -0.478 e. The standard InChI is InChI=1S/C25H19ClN2O6/c1-3-33-25(32)15-4-7-17(8-5-15)28-23(29)19(14(2)27-28)13-18-9-11-22(34-18)16-6-10-21(26)20(12-16)24(30)31/h4-13H,3H2,1-2H3,(H,30,31)/b19-13+. The zero-order valence-electron chi connectivity index (χ0n) is 18.2. The number of furan rings is 1. The third-order valence-corrected chi connectivity index (χ3v) is 5.41. The van der Waals surface area contributed by atoms with Crippen LogP contribution in [0.1, 0.15) is 40.3 Å². The van der Waals surface area contributed by atoms with Crippen molar-refractivity contribution in [3.8, 4) is 11.3 Å². The third kappa shape index (κ3) is 4.49. The normalized spacial score (nSPS) is 14.4. The summed E-state index contributed by atoms with van der Waals surface area (Å²) in [4.78, 5) is 36.2. The van der Waals surface area contributed by atoms with Crippen LogP contribution in [-0.4, -0.2) is 35.3 Å². The third-order valence-electron chi connectivity index (χ3n) is 5.08. The SMILES string of the molecule is CCOC(=O)c1ccc(N2N=C(C)/C(=C\c3ccc(-c4ccc(Cl)c(C(=O)O)c4)o3)C2=O)cc1. The van der Waals surface area contributed by atoms with E-state index in [-0.39, 0.29) is 23.1 Å². The van der Waals surface area contributed by atoms with Crippen LogP contribution in [0.5, 0.6) is 0 Å². The maximum Gasteiger partial charge on any atom is 0.338 e.